The Hall–Kier alpha value is -1.53. The summed E-state index contributed by atoms with van der Waals surface area (Å²) >= 11 is 11.3. The van der Waals surface area contributed by atoms with Gasteiger partial charge in [-0.25, -0.2) is 13.2 Å². The summed E-state index contributed by atoms with van der Waals surface area (Å²) in [5.41, 5.74) is 0. The molecule has 0 heterocycles. The van der Waals surface area contributed by atoms with E-state index in [9.17, 15) is 22.0 Å². The van der Waals surface area contributed by atoms with Crippen molar-refractivity contribution in [2.24, 2.45) is 0 Å². The zero-order valence-electron chi connectivity index (χ0n) is 9.29. The van der Waals surface area contributed by atoms with E-state index in [4.69, 9.17) is 23.2 Å². The van der Waals surface area contributed by atoms with E-state index in [0.717, 1.165) is 6.07 Å². The minimum absolute atomic E-state index is 0.151. The Morgan fingerprint density at radius 1 is 0.750 bits per heavy atom. The Labute approximate surface area is 119 Å². The molecule has 0 aliphatic rings. The van der Waals surface area contributed by atoms with Gasteiger partial charge in [0.15, 0.2) is 0 Å². The lowest BCUT2D eigenvalue weighted by Crippen LogP contribution is -2.04. The van der Waals surface area contributed by atoms with Crippen LogP contribution in [0.25, 0.3) is 0 Å². The Morgan fingerprint density at radius 3 is 1.75 bits per heavy atom. The van der Waals surface area contributed by atoms with Crippen molar-refractivity contribution < 1.29 is 26.7 Å². The van der Waals surface area contributed by atoms with Crippen molar-refractivity contribution in [3.8, 4) is 11.5 Å². The van der Waals surface area contributed by atoms with Gasteiger partial charge in [0.05, 0.1) is 5.02 Å². The van der Waals surface area contributed by atoms with Gasteiger partial charge < -0.3 is 4.74 Å². The number of rotatable bonds is 2. The smallest absolute Gasteiger partial charge is 0.207 e. The molecule has 2 rings (SSSR count). The first kappa shape index (κ1) is 14.9. The number of hydrogen-bond donors (Lipinski definition) is 0. The highest BCUT2D eigenvalue weighted by molar-refractivity contribution is 6.35. The lowest BCUT2D eigenvalue weighted by atomic mass is 10.2. The largest absolute Gasteiger partial charge is 0.449 e. The molecule has 0 aliphatic heterocycles. The second kappa shape index (κ2) is 5.46. The average Bonchev–Trinajstić information content (AvgIpc) is 2.41. The molecule has 0 aromatic heterocycles. The first-order chi connectivity index (χ1) is 9.32. The van der Waals surface area contributed by atoms with E-state index >= 15 is 0 Å². The van der Waals surface area contributed by atoms with E-state index in [1.54, 1.807) is 0 Å². The quantitative estimate of drug-likeness (QED) is 0.403. The first-order valence-corrected chi connectivity index (χ1v) is 5.73. The van der Waals surface area contributed by atoms with Crippen molar-refractivity contribution in [3.63, 3.8) is 0 Å². The van der Waals surface area contributed by atoms with Gasteiger partial charge >= 0.3 is 0 Å². The van der Waals surface area contributed by atoms with Gasteiger partial charge in [-0.15, -0.1) is 0 Å². The molecule has 0 spiro atoms. The molecule has 106 valence electrons. The molecule has 0 bridgehead atoms. The second-order valence-corrected chi connectivity index (χ2v) is 4.42. The zero-order chi connectivity index (χ0) is 15.0. The van der Waals surface area contributed by atoms with Crippen LogP contribution < -0.4 is 4.74 Å². The highest BCUT2D eigenvalue weighted by atomic mass is 35.5. The fraction of sp³-hybridized carbons (Fsp3) is 0. The molecule has 0 amide bonds. The van der Waals surface area contributed by atoms with Crippen LogP contribution in [0, 0.1) is 29.1 Å². The Kier molecular flexibility index (Phi) is 4.06. The van der Waals surface area contributed by atoms with Crippen molar-refractivity contribution in [1.82, 2.24) is 0 Å². The van der Waals surface area contributed by atoms with Gasteiger partial charge in [0.2, 0.25) is 34.8 Å². The van der Waals surface area contributed by atoms with E-state index in [-0.39, 0.29) is 15.8 Å². The average molecular weight is 329 g/mol. The van der Waals surface area contributed by atoms with Crippen LogP contribution in [-0.4, -0.2) is 0 Å². The second-order valence-electron chi connectivity index (χ2n) is 3.58. The topological polar surface area (TPSA) is 9.23 Å². The van der Waals surface area contributed by atoms with Gasteiger partial charge in [-0.2, -0.15) is 8.78 Å². The fourth-order valence-electron chi connectivity index (χ4n) is 1.34. The van der Waals surface area contributed by atoms with Gasteiger partial charge in [0.1, 0.15) is 5.75 Å². The maximum atomic E-state index is 13.4. The number of hydrogen-bond acceptors (Lipinski definition) is 1. The van der Waals surface area contributed by atoms with E-state index in [0.29, 0.717) is 0 Å². The van der Waals surface area contributed by atoms with Crippen LogP contribution in [0.4, 0.5) is 22.0 Å². The number of ether oxygens (including phenoxy) is 1. The van der Waals surface area contributed by atoms with E-state index in [1.165, 1.54) is 12.1 Å². The molecule has 0 radical (unpaired) electrons. The summed E-state index contributed by atoms with van der Waals surface area (Å²) in [5.74, 6) is -12.4. The summed E-state index contributed by atoms with van der Waals surface area (Å²) < 4.78 is 70.2. The monoisotopic (exact) mass is 328 g/mol. The van der Waals surface area contributed by atoms with E-state index in [1.807, 2.05) is 0 Å². The van der Waals surface area contributed by atoms with Crippen molar-refractivity contribution in [2.45, 2.75) is 0 Å². The molecule has 1 nitrogen and oxygen atoms in total. The maximum Gasteiger partial charge on any atom is 0.207 e. The third kappa shape index (κ3) is 2.53. The van der Waals surface area contributed by atoms with Gasteiger partial charge in [-0.1, -0.05) is 23.2 Å². The third-order valence-corrected chi connectivity index (χ3v) is 2.81. The maximum absolute atomic E-state index is 13.4. The molecule has 0 aliphatic carbocycles. The number of halogens is 7. The Morgan fingerprint density at radius 2 is 1.25 bits per heavy atom. The Bertz CT molecular complexity index is 661. The molecular formula is C12H3Cl2F5O. The molecule has 0 atom stereocenters. The summed E-state index contributed by atoms with van der Waals surface area (Å²) in [4.78, 5) is 0. The number of benzene rings is 2. The molecule has 20 heavy (non-hydrogen) atoms. The lowest BCUT2D eigenvalue weighted by Gasteiger charge is -2.11. The van der Waals surface area contributed by atoms with Crippen LogP contribution in [-0.2, 0) is 0 Å². The Balaban J connectivity index is 2.54. The van der Waals surface area contributed by atoms with Crippen molar-refractivity contribution >= 4 is 23.2 Å². The predicted molar refractivity (Wildman–Crippen MR) is 62.8 cm³/mol. The van der Waals surface area contributed by atoms with Gasteiger partial charge in [-0.3, -0.25) is 0 Å². The van der Waals surface area contributed by atoms with Crippen molar-refractivity contribution in [2.75, 3.05) is 0 Å². The van der Waals surface area contributed by atoms with Crippen LogP contribution in [0.3, 0.4) is 0 Å². The molecule has 0 fully saturated rings. The van der Waals surface area contributed by atoms with Crippen LogP contribution in [0.2, 0.25) is 10.0 Å². The normalized spacial score (nSPS) is 10.8. The summed E-state index contributed by atoms with van der Waals surface area (Å²) in [6.07, 6.45) is 0. The van der Waals surface area contributed by atoms with Crippen LogP contribution in [0.5, 0.6) is 11.5 Å². The highest BCUT2D eigenvalue weighted by Crippen LogP contribution is 2.36. The van der Waals surface area contributed by atoms with E-state index in [2.05, 4.69) is 4.74 Å². The summed E-state index contributed by atoms with van der Waals surface area (Å²) in [7, 11) is 0. The van der Waals surface area contributed by atoms with Crippen molar-refractivity contribution in [1.29, 1.82) is 0 Å². The molecule has 0 saturated carbocycles. The molecular weight excluding hydrogens is 326 g/mol. The third-order valence-electron chi connectivity index (χ3n) is 2.28. The first-order valence-electron chi connectivity index (χ1n) is 4.97. The van der Waals surface area contributed by atoms with Gasteiger partial charge in [-0.05, 0) is 18.2 Å². The van der Waals surface area contributed by atoms with Crippen molar-refractivity contribution in [3.05, 3.63) is 57.3 Å². The van der Waals surface area contributed by atoms with E-state index < -0.39 is 34.8 Å². The molecule has 0 unspecified atom stereocenters. The summed E-state index contributed by atoms with van der Waals surface area (Å²) in [6, 6.07) is 3.59. The summed E-state index contributed by atoms with van der Waals surface area (Å²) in [5, 5.41) is 0.0567. The predicted octanol–water partition coefficient (Wildman–Crippen LogP) is 5.48. The SMILES string of the molecule is Fc1c(F)c(F)c(Oc2ccc(Cl)cc2Cl)c(F)c1F. The van der Waals surface area contributed by atoms with Crippen LogP contribution in [0.1, 0.15) is 0 Å². The zero-order valence-corrected chi connectivity index (χ0v) is 10.8. The summed E-state index contributed by atoms with van der Waals surface area (Å²) in [6.45, 7) is 0. The molecule has 0 saturated heterocycles. The minimum atomic E-state index is -2.27. The van der Waals surface area contributed by atoms with Gasteiger partial charge in [0.25, 0.3) is 0 Å². The highest BCUT2D eigenvalue weighted by Gasteiger charge is 2.27. The van der Waals surface area contributed by atoms with Crippen LogP contribution in [0.15, 0.2) is 18.2 Å². The lowest BCUT2D eigenvalue weighted by molar-refractivity contribution is 0.332. The molecule has 0 N–H and O–H groups in total. The fourth-order valence-corrected chi connectivity index (χ4v) is 1.79. The molecule has 2 aromatic rings. The minimum Gasteiger partial charge on any atom is -0.449 e. The molecule has 2 aromatic carbocycles. The van der Waals surface area contributed by atoms with Crippen LogP contribution >= 0.6 is 23.2 Å². The standard InChI is InChI=1S/C12H3Cl2F5O/c13-4-1-2-6(5(14)3-4)20-12-10(18)8(16)7(15)9(17)11(12)19/h1-3H. The van der Waals surface area contributed by atoms with Gasteiger partial charge in [0, 0.05) is 5.02 Å². The molecule has 8 heteroatoms.